The van der Waals surface area contributed by atoms with Crippen molar-refractivity contribution in [3.63, 3.8) is 0 Å². The van der Waals surface area contributed by atoms with E-state index in [9.17, 15) is 0 Å². The second kappa shape index (κ2) is 8.62. The lowest BCUT2D eigenvalue weighted by Crippen LogP contribution is -2.55. The molecule has 0 amide bonds. The monoisotopic (exact) mass is 425 g/mol. The van der Waals surface area contributed by atoms with Crippen molar-refractivity contribution >= 4 is 51.8 Å². The number of hydrogen-bond donors (Lipinski definition) is 1. The summed E-state index contributed by atoms with van der Waals surface area (Å²) in [5.74, 6) is 0. The van der Waals surface area contributed by atoms with Crippen LogP contribution >= 0.6 is 35.4 Å². The molecule has 0 bridgehead atoms. The molecule has 2 fully saturated rings. The van der Waals surface area contributed by atoms with E-state index in [1.54, 1.807) is 6.07 Å². The zero-order valence-corrected chi connectivity index (χ0v) is 17.7. The van der Waals surface area contributed by atoms with Crippen molar-refractivity contribution in [3.8, 4) is 0 Å². The molecule has 146 valence electrons. The first-order chi connectivity index (χ1) is 13.1. The van der Waals surface area contributed by atoms with Crippen LogP contribution in [0.25, 0.3) is 0 Å². The van der Waals surface area contributed by atoms with Crippen molar-refractivity contribution in [1.29, 1.82) is 0 Å². The van der Waals surface area contributed by atoms with Crippen LogP contribution in [0.2, 0.25) is 10.0 Å². The average Bonchev–Trinajstić information content (AvgIpc) is 3.34. The fraction of sp³-hybridized carbons (Fsp3) is 0.579. The number of nitrogens with one attached hydrogen (secondary N) is 1. The maximum absolute atomic E-state index is 6.30. The Labute approximate surface area is 176 Å². The smallest absolute Gasteiger partial charge is 0.137 e. The fourth-order valence-electron chi connectivity index (χ4n) is 4.16. The highest BCUT2D eigenvalue weighted by Gasteiger charge is 2.27. The SMILES string of the molecule is S=C(NN1CCN(C2CCCC2)CC1)C1=NN(c2ccc(Cl)cc2Cl)CC1. The molecular formula is C19H25Cl2N5S. The van der Waals surface area contributed by atoms with E-state index < -0.39 is 0 Å². The highest BCUT2D eigenvalue weighted by Crippen LogP contribution is 2.31. The number of piperazine rings is 1. The summed E-state index contributed by atoms with van der Waals surface area (Å²) in [7, 11) is 0. The number of rotatable bonds is 4. The van der Waals surface area contributed by atoms with Gasteiger partial charge in [-0.3, -0.25) is 9.91 Å². The van der Waals surface area contributed by atoms with Crippen molar-refractivity contribution in [2.45, 2.75) is 38.1 Å². The molecule has 4 rings (SSSR count). The van der Waals surface area contributed by atoms with Gasteiger partial charge in [0, 0.05) is 50.2 Å². The van der Waals surface area contributed by atoms with Crippen LogP contribution in [0.1, 0.15) is 32.1 Å². The van der Waals surface area contributed by atoms with Gasteiger partial charge in [-0.2, -0.15) is 5.10 Å². The van der Waals surface area contributed by atoms with Gasteiger partial charge < -0.3 is 5.43 Å². The van der Waals surface area contributed by atoms with E-state index in [-0.39, 0.29) is 0 Å². The highest BCUT2D eigenvalue weighted by atomic mass is 35.5. The van der Waals surface area contributed by atoms with E-state index >= 15 is 0 Å². The standard InChI is InChI=1S/C19H25Cl2N5S/c20-14-5-6-18(16(21)13-14)26-8-7-17(22-26)19(27)23-25-11-9-24(10-12-25)15-3-1-2-4-15/h5-6,13,15H,1-4,7-12H2,(H,23,27). The molecule has 0 spiro atoms. The Kier molecular flexibility index (Phi) is 6.19. The summed E-state index contributed by atoms with van der Waals surface area (Å²) in [6.45, 7) is 4.99. The van der Waals surface area contributed by atoms with Gasteiger partial charge in [-0.05, 0) is 31.0 Å². The molecule has 2 heterocycles. The molecule has 1 saturated carbocycles. The maximum Gasteiger partial charge on any atom is 0.137 e. The Morgan fingerprint density at radius 2 is 1.81 bits per heavy atom. The Morgan fingerprint density at radius 3 is 2.52 bits per heavy atom. The number of hydrazone groups is 1. The summed E-state index contributed by atoms with van der Waals surface area (Å²) >= 11 is 17.9. The van der Waals surface area contributed by atoms with Crippen LogP contribution in [0.4, 0.5) is 5.69 Å². The number of anilines is 1. The third-order valence-corrected chi connectivity index (χ3v) is 6.53. The van der Waals surface area contributed by atoms with E-state index in [1.165, 1.54) is 25.7 Å². The van der Waals surface area contributed by atoms with Gasteiger partial charge in [-0.1, -0.05) is 48.3 Å². The van der Waals surface area contributed by atoms with Crippen LogP contribution in [0.3, 0.4) is 0 Å². The number of halogens is 2. The van der Waals surface area contributed by atoms with Gasteiger partial charge in [0.1, 0.15) is 4.99 Å². The molecule has 1 aliphatic carbocycles. The molecule has 1 N–H and O–H groups in total. The van der Waals surface area contributed by atoms with Gasteiger partial charge in [0.05, 0.1) is 16.4 Å². The van der Waals surface area contributed by atoms with Crippen molar-refractivity contribution in [2.24, 2.45) is 5.10 Å². The second-order valence-electron chi connectivity index (χ2n) is 7.42. The first kappa shape index (κ1) is 19.4. The minimum Gasteiger partial charge on any atom is -0.308 e. The average molecular weight is 426 g/mol. The predicted octanol–water partition coefficient (Wildman–Crippen LogP) is 3.95. The molecule has 5 nitrogen and oxygen atoms in total. The van der Waals surface area contributed by atoms with Crippen LogP contribution in [0, 0.1) is 0 Å². The van der Waals surface area contributed by atoms with E-state index in [0.29, 0.717) is 10.0 Å². The Hall–Kier alpha value is -0.920. The lowest BCUT2D eigenvalue weighted by atomic mass is 10.2. The zero-order chi connectivity index (χ0) is 18.8. The summed E-state index contributed by atoms with van der Waals surface area (Å²) in [6, 6.07) is 6.27. The van der Waals surface area contributed by atoms with Gasteiger partial charge in [0.25, 0.3) is 0 Å². The summed E-state index contributed by atoms with van der Waals surface area (Å²) < 4.78 is 0. The summed E-state index contributed by atoms with van der Waals surface area (Å²) in [5.41, 5.74) is 5.17. The van der Waals surface area contributed by atoms with Gasteiger partial charge >= 0.3 is 0 Å². The highest BCUT2D eigenvalue weighted by molar-refractivity contribution is 7.82. The number of benzene rings is 1. The van der Waals surface area contributed by atoms with Crippen LogP contribution in [0.5, 0.6) is 0 Å². The van der Waals surface area contributed by atoms with Crippen LogP contribution < -0.4 is 10.4 Å². The Morgan fingerprint density at radius 1 is 1.07 bits per heavy atom. The molecule has 1 aromatic rings. The van der Waals surface area contributed by atoms with Crippen molar-refractivity contribution in [3.05, 3.63) is 28.2 Å². The van der Waals surface area contributed by atoms with Gasteiger partial charge in [-0.15, -0.1) is 0 Å². The predicted molar refractivity (Wildman–Crippen MR) is 117 cm³/mol. The molecule has 0 unspecified atom stereocenters. The first-order valence-electron chi connectivity index (χ1n) is 9.70. The van der Waals surface area contributed by atoms with Gasteiger partial charge in [0.2, 0.25) is 0 Å². The van der Waals surface area contributed by atoms with Crippen molar-refractivity contribution in [2.75, 3.05) is 37.7 Å². The largest absolute Gasteiger partial charge is 0.308 e. The van der Waals surface area contributed by atoms with E-state index in [2.05, 4.69) is 20.4 Å². The molecule has 0 aromatic heterocycles. The third kappa shape index (κ3) is 4.57. The van der Waals surface area contributed by atoms with Crippen molar-refractivity contribution in [1.82, 2.24) is 15.3 Å². The minimum atomic E-state index is 0.606. The lowest BCUT2D eigenvalue weighted by molar-refractivity contribution is 0.0832. The fourth-order valence-corrected chi connectivity index (χ4v) is 4.94. The topological polar surface area (TPSA) is 34.1 Å². The maximum atomic E-state index is 6.30. The molecule has 2 aliphatic heterocycles. The number of thiocarbonyl (C=S) groups is 1. The molecule has 0 radical (unpaired) electrons. The lowest BCUT2D eigenvalue weighted by Gasteiger charge is -2.38. The van der Waals surface area contributed by atoms with Crippen LogP contribution in [-0.2, 0) is 0 Å². The van der Waals surface area contributed by atoms with Crippen LogP contribution in [0.15, 0.2) is 23.3 Å². The Balaban J connectivity index is 1.31. The molecule has 3 aliphatic rings. The molecule has 1 saturated heterocycles. The normalized spacial score (nSPS) is 22.3. The molecule has 27 heavy (non-hydrogen) atoms. The van der Waals surface area contributed by atoms with Crippen LogP contribution in [-0.4, -0.2) is 59.4 Å². The van der Waals surface area contributed by atoms with Crippen molar-refractivity contribution < 1.29 is 0 Å². The van der Waals surface area contributed by atoms with Gasteiger partial charge in [0.15, 0.2) is 0 Å². The number of hydrazine groups is 1. The van der Waals surface area contributed by atoms with Gasteiger partial charge in [-0.25, -0.2) is 5.01 Å². The quantitative estimate of drug-likeness (QED) is 0.738. The molecular weight excluding hydrogens is 401 g/mol. The zero-order valence-electron chi connectivity index (χ0n) is 15.3. The van der Waals surface area contributed by atoms with E-state index in [4.69, 9.17) is 35.4 Å². The molecule has 1 aromatic carbocycles. The second-order valence-corrected chi connectivity index (χ2v) is 8.67. The number of hydrogen-bond acceptors (Lipinski definition) is 5. The minimum absolute atomic E-state index is 0.606. The first-order valence-corrected chi connectivity index (χ1v) is 10.9. The summed E-state index contributed by atoms with van der Waals surface area (Å²) in [4.78, 5) is 3.36. The summed E-state index contributed by atoms with van der Waals surface area (Å²) in [6.07, 6.45) is 6.33. The Bertz CT molecular complexity index is 727. The summed E-state index contributed by atoms with van der Waals surface area (Å²) in [5, 5.41) is 10.0. The molecule has 8 heteroatoms. The third-order valence-electron chi connectivity index (χ3n) is 5.67. The number of nitrogens with zero attached hydrogens (tertiary/aromatic N) is 4. The molecule has 0 atom stereocenters. The van der Waals surface area contributed by atoms with E-state index in [0.717, 1.165) is 61.6 Å². The van der Waals surface area contributed by atoms with E-state index in [1.807, 2.05) is 17.1 Å².